The predicted octanol–water partition coefficient (Wildman–Crippen LogP) is 0.351. The number of carbonyl (C=O) groups is 3. The van der Waals surface area contributed by atoms with Crippen LogP contribution in [-0.2, 0) is 33.9 Å². The number of ether oxygens (including phenoxy) is 2. The molecule has 9 nitrogen and oxygen atoms in total. The maximum atomic E-state index is 12.8. The minimum atomic E-state index is -4.04. The van der Waals surface area contributed by atoms with Crippen molar-refractivity contribution < 1.29 is 36.7 Å². The second kappa shape index (κ2) is 10.7. The summed E-state index contributed by atoms with van der Waals surface area (Å²) >= 11 is 0. The maximum absolute atomic E-state index is 12.8. The number of carbonyl (C=O) groups excluding carboxylic acids is 3. The lowest BCUT2D eigenvalue weighted by atomic mass is 10.0. The molecule has 0 spiro atoms. The van der Waals surface area contributed by atoms with Gasteiger partial charge in [-0.25, -0.2) is 17.6 Å². The van der Waals surface area contributed by atoms with E-state index in [1.54, 1.807) is 0 Å². The fourth-order valence-electron chi connectivity index (χ4n) is 2.11. The highest BCUT2D eigenvalue weighted by Crippen LogP contribution is 2.09. The van der Waals surface area contributed by atoms with Crippen LogP contribution in [0.25, 0.3) is 0 Å². The average molecular weight is 418 g/mol. The minimum absolute atomic E-state index is 0.104. The molecular formula is C17H23FN2O7S. The first-order valence-corrected chi connectivity index (χ1v) is 9.81. The molecule has 1 aromatic rings. The molecule has 0 bridgehead atoms. The minimum Gasteiger partial charge on any atom is -0.467 e. The Morgan fingerprint density at radius 3 is 2.29 bits per heavy atom. The van der Waals surface area contributed by atoms with Crippen LogP contribution in [0.1, 0.15) is 20.3 Å². The molecule has 1 rings (SSSR count). The Bertz CT molecular complexity index is 794. The average Bonchev–Trinajstić information content (AvgIpc) is 2.63. The van der Waals surface area contributed by atoms with Gasteiger partial charge in [0.1, 0.15) is 18.4 Å². The van der Waals surface area contributed by atoms with Crippen molar-refractivity contribution in [2.24, 2.45) is 5.92 Å². The first-order chi connectivity index (χ1) is 13.0. The van der Waals surface area contributed by atoms with Crippen LogP contribution < -0.4 is 10.0 Å². The molecular weight excluding hydrogens is 395 g/mol. The first kappa shape index (κ1) is 23.5. The standard InChI is InChI=1S/C17H23FN2O7S/c1-11(2)8-14(17(23)26-3)20-15(21)10-27-16(22)9-19-28(24,25)13-6-4-12(18)5-7-13/h4-7,11,14,19H,8-10H2,1-3H3,(H,20,21)/t14-/m0/s1. The van der Waals surface area contributed by atoms with Crippen molar-refractivity contribution in [2.75, 3.05) is 20.3 Å². The Labute approximate surface area is 162 Å². The van der Waals surface area contributed by atoms with Gasteiger partial charge in [0.05, 0.1) is 12.0 Å². The molecule has 0 unspecified atom stereocenters. The second-order valence-corrected chi connectivity index (χ2v) is 7.98. The largest absolute Gasteiger partial charge is 0.467 e. The van der Waals surface area contributed by atoms with E-state index in [0.717, 1.165) is 24.3 Å². The molecule has 0 aliphatic rings. The van der Waals surface area contributed by atoms with Gasteiger partial charge in [-0.3, -0.25) is 9.59 Å². The molecule has 1 amide bonds. The zero-order valence-corrected chi connectivity index (χ0v) is 16.5. The third kappa shape index (κ3) is 8.01. The fraction of sp³-hybridized carbons (Fsp3) is 0.471. The van der Waals surface area contributed by atoms with Crippen LogP contribution in [0, 0.1) is 11.7 Å². The molecule has 0 aliphatic heterocycles. The number of halogens is 1. The third-order valence-electron chi connectivity index (χ3n) is 3.42. The van der Waals surface area contributed by atoms with Crippen molar-refractivity contribution in [1.29, 1.82) is 0 Å². The van der Waals surface area contributed by atoms with Gasteiger partial charge in [-0.2, -0.15) is 4.72 Å². The highest BCUT2D eigenvalue weighted by molar-refractivity contribution is 7.89. The summed E-state index contributed by atoms with van der Waals surface area (Å²) in [5.74, 6) is -2.86. The van der Waals surface area contributed by atoms with Gasteiger partial charge in [0, 0.05) is 0 Å². The highest BCUT2D eigenvalue weighted by atomic mass is 32.2. The summed E-state index contributed by atoms with van der Waals surface area (Å²) in [6, 6.07) is 3.13. The summed E-state index contributed by atoms with van der Waals surface area (Å²) in [4.78, 5) is 34.9. The summed E-state index contributed by atoms with van der Waals surface area (Å²) < 4.78 is 48.1. The topological polar surface area (TPSA) is 128 Å². The van der Waals surface area contributed by atoms with Crippen molar-refractivity contribution in [3.8, 4) is 0 Å². The lowest BCUT2D eigenvalue weighted by Gasteiger charge is -2.18. The van der Waals surface area contributed by atoms with Crippen LogP contribution in [0.4, 0.5) is 4.39 Å². The number of sulfonamides is 1. The number of esters is 2. The summed E-state index contributed by atoms with van der Waals surface area (Å²) in [7, 11) is -2.85. The first-order valence-electron chi connectivity index (χ1n) is 8.33. The lowest BCUT2D eigenvalue weighted by molar-refractivity contribution is -0.149. The van der Waals surface area contributed by atoms with Gasteiger partial charge >= 0.3 is 11.9 Å². The Hall–Kier alpha value is -2.53. The maximum Gasteiger partial charge on any atom is 0.328 e. The number of amides is 1. The van der Waals surface area contributed by atoms with Gasteiger partial charge in [0.25, 0.3) is 5.91 Å². The van der Waals surface area contributed by atoms with E-state index in [1.165, 1.54) is 7.11 Å². The normalized spacial score (nSPS) is 12.3. The molecule has 0 radical (unpaired) electrons. The predicted molar refractivity (Wildman–Crippen MR) is 95.9 cm³/mol. The van der Waals surface area contributed by atoms with E-state index in [2.05, 4.69) is 14.8 Å². The van der Waals surface area contributed by atoms with Gasteiger partial charge in [0.2, 0.25) is 10.0 Å². The molecule has 0 saturated heterocycles. The van der Waals surface area contributed by atoms with E-state index < -0.39 is 52.9 Å². The van der Waals surface area contributed by atoms with E-state index in [1.807, 2.05) is 18.6 Å². The highest BCUT2D eigenvalue weighted by Gasteiger charge is 2.23. The van der Waals surface area contributed by atoms with Crippen molar-refractivity contribution >= 4 is 27.9 Å². The number of rotatable bonds is 10. The molecule has 0 aliphatic carbocycles. The fourth-order valence-corrected chi connectivity index (χ4v) is 3.08. The van der Waals surface area contributed by atoms with E-state index in [0.29, 0.717) is 6.42 Å². The number of hydrogen-bond acceptors (Lipinski definition) is 7. The van der Waals surface area contributed by atoms with Gasteiger partial charge < -0.3 is 14.8 Å². The van der Waals surface area contributed by atoms with Crippen LogP contribution in [0.3, 0.4) is 0 Å². The van der Waals surface area contributed by atoms with Crippen molar-refractivity contribution in [1.82, 2.24) is 10.0 Å². The van der Waals surface area contributed by atoms with Crippen LogP contribution in [0.5, 0.6) is 0 Å². The van der Waals surface area contributed by atoms with Crippen LogP contribution in [-0.4, -0.2) is 52.6 Å². The Kier molecular flexibility index (Phi) is 9.00. The van der Waals surface area contributed by atoms with Crippen molar-refractivity contribution in [2.45, 2.75) is 31.2 Å². The quantitative estimate of drug-likeness (QED) is 0.525. The van der Waals surface area contributed by atoms with E-state index >= 15 is 0 Å². The molecule has 0 fully saturated rings. The molecule has 2 N–H and O–H groups in total. The molecule has 1 aromatic carbocycles. The number of hydrogen-bond donors (Lipinski definition) is 2. The molecule has 156 valence electrons. The van der Waals surface area contributed by atoms with Crippen molar-refractivity contribution in [3.05, 3.63) is 30.1 Å². The summed E-state index contributed by atoms with van der Waals surface area (Å²) in [6.45, 7) is 2.30. The van der Waals surface area contributed by atoms with E-state index in [9.17, 15) is 27.2 Å². The van der Waals surface area contributed by atoms with Crippen molar-refractivity contribution in [3.63, 3.8) is 0 Å². The molecule has 0 saturated carbocycles. The van der Waals surface area contributed by atoms with Crippen LogP contribution >= 0.6 is 0 Å². The van der Waals surface area contributed by atoms with Gasteiger partial charge in [-0.1, -0.05) is 13.8 Å². The number of methoxy groups -OCH3 is 1. The zero-order chi connectivity index (χ0) is 21.3. The lowest BCUT2D eigenvalue weighted by Crippen LogP contribution is -2.44. The molecule has 1 atom stereocenters. The third-order valence-corrected chi connectivity index (χ3v) is 4.84. The summed E-state index contributed by atoms with van der Waals surface area (Å²) in [5, 5.41) is 2.39. The Morgan fingerprint density at radius 2 is 1.75 bits per heavy atom. The summed E-state index contributed by atoms with van der Waals surface area (Å²) in [5.41, 5.74) is 0. The van der Waals surface area contributed by atoms with Gasteiger partial charge in [-0.15, -0.1) is 0 Å². The van der Waals surface area contributed by atoms with Gasteiger partial charge in [0.15, 0.2) is 6.61 Å². The number of nitrogens with one attached hydrogen (secondary N) is 2. The number of benzene rings is 1. The summed E-state index contributed by atoms with van der Waals surface area (Å²) in [6.07, 6.45) is 0.337. The van der Waals surface area contributed by atoms with E-state index in [-0.39, 0.29) is 10.8 Å². The second-order valence-electron chi connectivity index (χ2n) is 6.21. The monoisotopic (exact) mass is 418 g/mol. The van der Waals surface area contributed by atoms with Crippen LogP contribution in [0.2, 0.25) is 0 Å². The van der Waals surface area contributed by atoms with Crippen LogP contribution in [0.15, 0.2) is 29.2 Å². The smallest absolute Gasteiger partial charge is 0.328 e. The SMILES string of the molecule is COC(=O)[C@H](CC(C)C)NC(=O)COC(=O)CNS(=O)(=O)c1ccc(F)cc1. The molecule has 0 heterocycles. The Morgan fingerprint density at radius 1 is 1.14 bits per heavy atom. The molecule has 28 heavy (non-hydrogen) atoms. The zero-order valence-electron chi connectivity index (χ0n) is 15.7. The molecule has 11 heteroatoms. The Balaban J connectivity index is 2.49. The van der Waals surface area contributed by atoms with Gasteiger partial charge in [-0.05, 0) is 36.6 Å². The van der Waals surface area contributed by atoms with E-state index in [4.69, 9.17) is 0 Å². The molecule has 0 aromatic heterocycles.